The largest absolute Gasteiger partial charge is 0.483 e. The molecule has 4 rings (SSSR count). The molecule has 0 spiro atoms. The number of ether oxygens (including phenoxy) is 1. The molecule has 3 amide bonds. The quantitative estimate of drug-likeness (QED) is 0.633. The predicted molar refractivity (Wildman–Crippen MR) is 114 cm³/mol. The van der Waals surface area contributed by atoms with Crippen LogP contribution >= 0.6 is 0 Å². The van der Waals surface area contributed by atoms with Crippen LogP contribution in [0.25, 0.3) is 0 Å². The van der Waals surface area contributed by atoms with Crippen molar-refractivity contribution in [1.29, 1.82) is 0 Å². The summed E-state index contributed by atoms with van der Waals surface area (Å²) in [5.74, 6) is -0.410. The lowest BCUT2D eigenvalue weighted by Crippen LogP contribution is -2.29. The molecule has 0 fully saturated rings. The number of hydrogen-bond donors (Lipinski definition) is 1. The lowest BCUT2D eigenvalue weighted by atomic mass is 10.1. The first-order valence-corrected chi connectivity index (χ1v) is 9.67. The number of rotatable bonds is 6. The monoisotopic (exact) mass is 400 g/mol. The predicted octanol–water partition coefficient (Wildman–Crippen LogP) is 4.07. The fourth-order valence-electron chi connectivity index (χ4n) is 3.42. The van der Waals surface area contributed by atoms with E-state index >= 15 is 0 Å². The molecule has 1 heterocycles. The number of amides is 3. The molecule has 0 aliphatic carbocycles. The van der Waals surface area contributed by atoms with E-state index in [1.54, 1.807) is 48.5 Å². The molecule has 0 saturated heterocycles. The van der Waals surface area contributed by atoms with Gasteiger partial charge in [0, 0.05) is 5.69 Å². The van der Waals surface area contributed by atoms with Gasteiger partial charge in [-0.1, -0.05) is 43.3 Å². The highest BCUT2D eigenvalue weighted by atomic mass is 16.5. The van der Waals surface area contributed by atoms with Crippen molar-refractivity contribution in [2.75, 3.05) is 16.8 Å². The van der Waals surface area contributed by atoms with Gasteiger partial charge in [-0.15, -0.1) is 0 Å². The molecule has 3 aromatic carbocycles. The van der Waals surface area contributed by atoms with Gasteiger partial charge in [-0.25, -0.2) is 4.90 Å². The van der Waals surface area contributed by atoms with E-state index in [0.717, 1.165) is 16.9 Å². The van der Waals surface area contributed by atoms with Crippen LogP contribution in [0.15, 0.2) is 72.8 Å². The summed E-state index contributed by atoms with van der Waals surface area (Å²) in [5, 5.41) is 2.75. The molecule has 1 aliphatic heterocycles. The average molecular weight is 400 g/mol. The molecule has 0 aromatic heterocycles. The van der Waals surface area contributed by atoms with Gasteiger partial charge in [0.25, 0.3) is 17.7 Å². The summed E-state index contributed by atoms with van der Waals surface area (Å²) in [7, 11) is 0. The minimum absolute atomic E-state index is 0.145. The third-order valence-corrected chi connectivity index (χ3v) is 4.89. The van der Waals surface area contributed by atoms with Crippen LogP contribution in [0.4, 0.5) is 11.4 Å². The molecule has 0 unspecified atom stereocenters. The fourth-order valence-corrected chi connectivity index (χ4v) is 3.42. The van der Waals surface area contributed by atoms with Crippen molar-refractivity contribution in [2.24, 2.45) is 0 Å². The van der Waals surface area contributed by atoms with Gasteiger partial charge < -0.3 is 10.1 Å². The molecule has 3 aromatic rings. The number of benzene rings is 3. The lowest BCUT2D eigenvalue weighted by Gasteiger charge is -2.15. The number of hydrogen-bond acceptors (Lipinski definition) is 4. The molecule has 30 heavy (non-hydrogen) atoms. The molecule has 6 heteroatoms. The molecule has 150 valence electrons. The summed E-state index contributed by atoms with van der Waals surface area (Å²) in [6, 6.07) is 20.9. The van der Waals surface area contributed by atoms with Gasteiger partial charge in [-0.2, -0.15) is 0 Å². The van der Waals surface area contributed by atoms with E-state index in [-0.39, 0.29) is 24.3 Å². The third-order valence-electron chi connectivity index (χ3n) is 4.89. The summed E-state index contributed by atoms with van der Waals surface area (Å²) >= 11 is 0. The van der Waals surface area contributed by atoms with Crippen molar-refractivity contribution in [3.8, 4) is 5.75 Å². The second-order valence-electron chi connectivity index (χ2n) is 6.84. The van der Waals surface area contributed by atoms with E-state index < -0.39 is 0 Å². The SMILES string of the molecule is CCc1ccccc1OCC(=O)Nc1cccc(N2C(=O)c3ccccc3C2=O)c1. The van der Waals surface area contributed by atoms with Gasteiger partial charge in [-0.05, 0) is 48.4 Å². The van der Waals surface area contributed by atoms with Gasteiger partial charge in [0.1, 0.15) is 5.75 Å². The molecular weight excluding hydrogens is 380 g/mol. The number of para-hydroxylation sites is 1. The molecule has 0 atom stereocenters. The fraction of sp³-hybridized carbons (Fsp3) is 0.125. The maximum atomic E-state index is 12.7. The Labute approximate surface area is 174 Å². The van der Waals surface area contributed by atoms with Crippen molar-refractivity contribution in [2.45, 2.75) is 13.3 Å². The van der Waals surface area contributed by atoms with Crippen LogP contribution < -0.4 is 15.0 Å². The second-order valence-corrected chi connectivity index (χ2v) is 6.84. The topological polar surface area (TPSA) is 75.7 Å². The number of nitrogens with one attached hydrogen (secondary N) is 1. The van der Waals surface area contributed by atoms with Crippen LogP contribution in [-0.4, -0.2) is 24.3 Å². The van der Waals surface area contributed by atoms with Crippen LogP contribution in [0.3, 0.4) is 0 Å². The zero-order valence-electron chi connectivity index (χ0n) is 16.4. The van der Waals surface area contributed by atoms with Gasteiger partial charge in [0.05, 0.1) is 16.8 Å². The highest BCUT2D eigenvalue weighted by Gasteiger charge is 2.36. The van der Waals surface area contributed by atoms with E-state index in [4.69, 9.17) is 4.74 Å². The molecule has 1 N–H and O–H groups in total. The Kier molecular flexibility index (Phi) is 5.30. The normalized spacial score (nSPS) is 12.6. The maximum absolute atomic E-state index is 12.7. The number of fused-ring (bicyclic) bond motifs is 1. The van der Waals surface area contributed by atoms with E-state index in [1.807, 2.05) is 31.2 Å². The molecule has 0 bridgehead atoms. The van der Waals surface area contributed by atoms with Crippen LogP contribution in [0.5, 0.6) is 5.75 Å². The Morgan fingerprint density at radius 3 is 2.27 bits per heavy atom. The molecule has 6 nitrogen and oxygen atoms in total. The van der Waals surface area contributed by atoms with Crippen LogP contribution in [-0.2, 0) is 11.2 Å². The smallest absolute Gasteiger partial charge is 0.266 e. The Morgan fingerprint density at radius 2 is 1.57 bits per heavy atom. The highest BCUT2D eigenvalue weighted by Crippen LogP contribution is 2.29. The van der Waals surface area contributed by atoms with Crippen LogP contribution in [0, 0.1) is 0 Å². The number of anilines is 2. The lowest BCUT2D eigenvalue weighted by molar-refractivity contribution is -0.118. The molecule has 0 saturated carbocycles. The van der Waals surface area contributed by atoms with Crippen molar-refractivity contribution in [3.63, 3.8) is 0 Å². The van der Waals surface area contributed by atoms with Crippen molar-refractivity contribution >= 4 is 29.1 Å². The minimum atomic E-state index is -0.376. The zero-order valence-corrected chi connectivity index (χ0v) is 16.4. The Hall–Kier alpha value is -3.93. The van der Waals surface area contributed by atoms with E-state index in [1.165, 1.54) is 0 Å². The number of carbonyl (C=O) groups is 3. The summed E-state index contributed by atoms with van der Waals surface area (Å²) in [5.41, 5.74) is 2.65. The first-order valence-electron chi connectivity index (χ1n) is 9.67. The third kappa shape index (κ3) is 3.67. The Bertz CT molecular complexity index is 1100. The average Bonchev–Trinajstić information content (AvgIpc) is 3.03. The van der Waals surface area contributed by atoms with Gasteiger partial charge in [0.2, 0.25) is 0 Å². The van der Waals surface area contributed by atoms with Crippen molar-refractivity contribution in [1.82, 2.24) is 0 Å². The van der Waals surface area contributed by atoms with E-state index in [0.29, 0.717) is 28.3 Å². The first-order chi connectivity index (χ1) is 14.6. The summed E-state index contributed by atoms with van der Waals surface area (Å²) in [6.07, 6.45) is 0.806. The molecular formula is C24H20N2O4. The zero-order chi connectivity index (χ0) is 21.1. The van der Waals surface area contributed by atoms with Gasteiger partial charge in [0.15, 0.2) is 6.61 Å². The number of imide groups is 1. The molecule has 1 aliphatic rings. The number of aryl methyl sites for hydroxylation is 1. The summed E-state index contributed by atoms with van der Waals surface area (Å²) in [6.45, 7) is 1.88. The number of carbonyl (C=O) groups excluding carboxylic acids is 3. The molecule has 0 radical (unpaired) electrons. The minimum Gasteiger partial charge on any atom is -0.483 e. The summed E-state index contributed by atoms with van der Waals surface area (Å²) in [4.78, 5) is 38.8. The maximum Gasteiger partial charge on any atom is 0.266 e. The Balaban J connectivity index is 1.46. The van der Waals surface area contributed by atoms with E-state index in [9.17, 15) is 14.4 Å². The van der Waals surface area contributed by atoms with Gasteiger partial charge >= 0.3 is 0 Å². The van der Waals surface area contributed by atoms with Crippen molar-refractivity contribution in [3.05, 3.63) is 89.5 Å². The first kappa shape index (κ1) is 19.4. The van der Waals surface area contributed by atoms with Crippen LogP contribution in [0.2, 0.25) is 0 Å². The van der Waals surface area contributed by atoms with E-state index in [2.05, 4.69) is 5.32 Å². The number of nitrogens with zero attached hydrogens (tertiary/aromatic N) is 1. The van der Waals surface area contributed by atoms with Gasteiger partial charge in [-0.3, -0.25) is 14.4 Å². The summed E-state index contributed by atoms with van der Waals surface area (Å²) < 4.78 is 5.64. The van der Waals surface area contributed by atoms with Crippen molar-refractivity contribution < 1.29 is 19.1 Å². The highest BCUT2D eigenvalue weighted by molar-refractivity contribution is 6.34. The van der Waals surface area contributed by atoms with Crippen LogP contribution in [0.1, 0.15) is 33.2 Å². The standard InChI is InChI=1S/C24H20N2O4/c1-2-16-8-3-6-13-21(16)30-15-22(27)25-17-9-7-10-18(14-17)26-23(28)19-11-4-5-12-20(19)24(26)29/h3-14H,2,15H2,1H3,(H,25,27). The Morgan fingerprint density at radius 1 is 0.900 bits per heavy atom. The second kappa shape index (κ2) is 8.21.